The van der Waals surface area contributed by atoms with Crippen molar-refractivity contribution in [3.05, 3.63) is 29.0 Å². The number of aromatic nitrogens is 1. The van der Waals surface area contributed by atoms with Crippen LogP contribution in [0.1, 0.15) is 16.9 Å². The van der Waals surface area contributed by atoms with E-state index in [2.05, 4.69) is 4.98 Å². The van der Waals surface area contributed by atoms with Crippen LogP contribution in [0.5, 0.6) is 0 Å². The van der Waals surface area contributed by atoms with Gasteiger partial charge in [-0.3, -0.25) is 4.79 Å². The number of hydrogen-bond acceptors (Lipinski definition) is 3. The number of nitrogens with zero attached hydrogens (tertiary/aromatic N) is 2. The normalized spacial score (nSPS) is 24.1. The number of aliphatic hydroxyl groups is 1. The third kappa shape index (κ3) is 2.56. The van der Waals surface area contributed by atoms with Crippen LogP contribution >= 0.6 is 11.6 Å². The number of carbonyl (C=O) groups is 1. The van der Waals surface area contributed by atoms with Crippen LogP contribution < -0.4 is 0 Å². The Bertz CT molecular complexity index is 412. The van der Waals surface area contributed by atoms with E-state index >= 15 is 0 Å². The Morgan fingerprint density at radius 1 is 1.65 bits per heavy atom. The van der Waals surface area contributed by atoms with Gasteiger partial charge in [-0.2, -0.15) is 0 Å². The quantitative estimate of drug-likeness (QED) is 0.869. The first-order valence-corrected chi connectivity index (χ1v) is 5.67. The van der Waals surface area contributed by atoms with Crippen molar-refractivity contribution in [2.24, 2.45) is 0 Å². The van der Waals surface area contributed by atoms with E-state index in [1.54, 1.807) is 6.07 Å². The smallest absolute Gasteiger partial charge is 0.272 e. The monoisotopic (exact) mass is 258 g/mol. The Hall–Kier alpha value is -1.20. The SMILES string of the molecule is O=C(c1ccc(Cl)cn1)N1C[C@@H](F)C[C@H]1CO. The van der Waals surface area contributed by atoms with Crippen molar-refractivity contribution in [1.82, 2.24) is 9.88 Å². The summed E-state index contributed by atoms with van der Waals surface area (Å²) in [5.41, 5.74) is 0.210. The molecule has 0 unspecified atom stereocenters. The zero-order chi connectivity index (χ0) is 12.4. The van der Waals surface area contributed by atoms with Crippen molar-refractivity contribution < 1.29 is 14.3 Å². The standard InChI is InChI=1S/C11H12ClFN2O2/c12-7-1-2-10(14-4-7)11(17)15-5-8(13)3-9(15)6-16/h1-2,4,8-9,16H,3,5-6H2/t8-,9-/m0/s1. The summed E-state index contributed by atoms with van der Waals surface area (Å²) in [6.07, 6.45) is 0.463. The van der Waals surface area contributed by atoms with Crippen molar-refractivity contribution in [2.45, 2.75) is 18.6 Å². The molecule has 1 aliphatic rings. The van der Waals surface area contributed by atoms with Gasteiger partial charge in [0, 0.05) is 12.6 Å². The zero-order valence-electron chi connectivity index (χ0n) is 9.01. The molecule has 1 aromatic heterocycles. The molecule has 1 fully saturated rings. The summed E-state index contributed by atoms with van der Waals surface area (Å²) < 4.78 is 13.2. The van der Waals surface area contributed by atoms with Crippen molar-refractivity contribution in [3.8, 4) is 0 Å². The number of rotatable bonds is 2. The first-order chi connectivity index (χ1) is 8.11. The van der Waals surface area contributed by atoms with Gasteiger partial charge in [-0.05, 0) is 12.1 Å². The average Bonchev–Trinajstić information content (AvgIpc) is 2.70. The molecule has 0 spiro atoms. The lowest BCUT2D eigenvalue weighted by molar-refractivity contribution is 0.0667. The number of likely N-dealkylation sites (tertiary alicyclic amines) is 1. The second-order valence-electron chi connectivity index (χ2n) is 3.99. The zero-order valence-corrected chi connectivity index (χ0v) is 9.77. The van der Waals surface area contributed by atoms with Gasteiger partial charge < -0.3 is 10.0 Å². The van der Waals surface area contributed by atoms with Crippen molar-refractivity contribution in [2.75, 3.05) is 13.2 Å². The number of alkyl halides is 1. The summed E-state index contributed by atoms with van der Waals surface area (Å²) in [7, 11) is 0. The number of halogens is 2. The molecule has 0 bridgehead atoms. The number of carbonyl (C=O) groups excluding carboxylic acids is 1. The van der Waals surface area contributed by atoms with Crippen LogP contribution in [0, 0.1) is 0 Å². The molecule has 2 heterocycles. The van der Waals surface area contributed by atoms with E-state index in [0.29, 0.717) is 5.02 Å². The summed E-state index contributed by atoms with van der Waals surface area (Å²) in [5.74, 6) is -0.374. The van der Waals surface area contributed by atoms with E-state index in [4.69, 9.17) is 16.7 Å². The maximum Gasteiger partial charge on any atom is 0.272 e. The lowest BCUT2D eigenvalue weighted by atomic mass is 10.2. The fourth-order valence-corrected chi connectivity index (χ4v) is 2.04. The molecular formula is C11H12ClFN2O2. The van der Waals surface area contributed by atoms with Gasteiger partial charge in [-0.1, -0.05) is 11.6 Å². The highest BCUT2D eigenvalue weighted by Crippen LogP contribution is 2.22. The molecule has 1 N–H and O–H groups in total. The van der Waals surface area contributed by atoms with Crippen LogP contribution in [0.25, 0.3) is 0 Å². The number of hydrogen-bond donors (Lipinski definition) is 1. The van der Waals surface area contributed by atoms with E-state index in [0.717, 1.165) is 0 Å². The maximum absolute atomic E-state index is 13.2. The van der Waals surface area contributed by atoms with E-state index in [-0.39, 0.29) is 31.2 Å². The van der Waals surface area contributed by atoms with Gasteiger partial charge in [0.2, 0.25) is 0 Å². The molecular weight excluding hydrogens is 247 g/mol. The highest BCUT2D eigenvalue weighted by Gasteiger charge is 2.35. The topological polar surface area (TPSA) is 53.4 Å². The lowest BCUT2D eigenvalue weighted by Crippen LogP contribution is -2.38. The molecule has 0 aromatic carbocycles. The molecule has 0 saturated carbocycles. The minimum absolute atomic E-state index is 0.00830. The van der Waals surface area contributed by atoms with Gasteiger partial charge in [-0.25, -0.2) is 9.37 Å². The molecule has 1 saturated heterocycles. The molecule has 1 amide bonds. The predicted octanol–water partition coefficient (Wildman–Crippen LogP) is 1.28. The third-order valence-electron chi connectivity index (χ3n) is 2.78. The van der Waals surface area contributed by atoms with Gasteiger partial charge in [0.1, 0.15) is 11.9 Å². The molecule has 6 heteroatoms. The van der Waals surface area contributed by atoms with Gasteiger partial charge in [-0.15, -0.1) is 0 Å². The Balaban J connectivity index is 2.17. The first-order valence-electron chi connectivity index (χ1n) is 5.29. The van der Waals surface area contributed by atoms with E-state index in [9.17, 15) is 9.18 Å². The van der Waals surface area contributed by atoms with Crippen LogP contribution in [0.15, 0.2) is 18.3 Å². The Morgan fingerprint density at radius 2 is 2.41 bits per heavy atom. The fraction of sp³-hybridized carbons (Fsp3) is 0.455. The highest BCUT2D eigenvalue weighted by atomic mass is 35.5. The maximum atomic E-state index is 13.2. The van der Waals surface area contributed by atoms with Crippen LogP contribution in [-0.2, 0) is 0 Å². The van der Waals surface area contributed by atoms with Crippen LogP contribution in [-0.4, -0.2) is 46.3 Å². The van der Waals surface area contributed by atoms with E-state index < -0.39 is 12.2 Å². The van der Waals surface area contributed by atoms with Crippen LogP contribution in [0.3, 0.4) is 0 Å². The van der Waals surface area contributed by atoms with Gasteiger partial charge in [0.05, 0.1) is 24.2 Å². The van der Waals surface area contributed by atoms with Gasteiger partial charge in [0.15, 0.2) is 0 Å². The number of amides is 1. The van der Waals surface area contributed by atoms with Crippen molar-refractivity contribution in [1.29, 1.82) is 0 Å². The molecule has 4 nitrogen and oxygen atoms in total. The second kappa shape index (κ2) is 4.98. The van der Waals surface area contributed by atoms with Crippen molar-refractivity contribution in [3.63, 3.8) is 0 Å². The molecule has 1 aliphatic heterocycles. The van der Waals surface area contributed by atoms with Gasteiger partial charge in [0.25, 0.3) is 5.91 Å². The molecule has 2 rings (SSSR count). The van der Waals surface area contributed by atoms with E-state index in [1.807, 2.05) is 0 Å². The third-order valence-corrected chi connectivity index (χ3v) is 3.01. The van der Waals surface area contributed by atoms with Gasteiger partial charge >= 0.3 is 0 Å². The largest absolute Gasteiger partial charge is 0.394 e. The molecule has 0 aliphatic carbocycles. The first kappa shape index (κ1) is 12.3. The predicted molar refractivity (Wildman–Crippen MR) is 60.7 cm³/mol. The summed E-state index contributed by atoms with van der Waals surface area (Å²) in [6.45, 7) is -0.228. The lowest BCUT2D eigenvalue weighted by Gasteiger charge is -2.21. The molecule has 2 atom stereocenters. The summed E-state index contributed by atoms with van der Waals surface area (Å²) in [4.78, 5) is 17.2. The average molecular weight is 259 g/mol. The highest BCUT2D eigenvalue weighted by molar-refractivity contribution is 6.30. The molecule has 1 aromatic rings. The Kier molecular flexibility index (Phi) is 3.59. The van der Waals surface area contributed by atoms with Crippen molar-refractivity contribution >= 4 is 17.5 Å². The van der Waals surface area contributed by atoms with E-state index in [1.165, 1.54) is 17.2 Å². The molecule has 92 valence electrons. The van der Waals surface area contributed by atoms with Crippen LogP contribution in [0.4, 0.5) is 4.39 Å². The Morgan fingerprint density at radius 3 is 3.00 bits per heavy atom. The molecule has 0 radical (unpaired) electrons. The molecule has 17 heavy (non-hydrogen) atoms. The summed E-state index contributed by atoms with van der Waals surface area (Å²) in [5, 5.41) is 9.53. The minimum Gasteiger partial charge on any atom is -0.394 e. The number of aliphatic hydroxyl groups excluding tert-OH is 1. The Labute approximate surface area is 103 Å². The second-order valence-corrected chi connectivity index (χ2v) is 4.42. The fourth-order valence-electron chi connectivity index (χ4n) is 1.93. The van der Waals surface area contributed by atoms with Crippen LogP contribution in [0.2, 0.25) is 5.02 Å². The summed E-state index contributed by atoms with van der Waals surface area (Å²) >= 11 is 5.67. The minimum atomic E-state index is -1.08. The number of pyridine rings is 1. The summed E-state index contributed by atoms with van der Waals surface area (Å²) in [6, 6.07) is 2.58.